The van der Waals surface area contributed by atoms with Crippen molar-refractivity contribution < 1.29 is 9.26 Å². The third kappa shape index (κ3) is 3.11. The summed E-state index contributed by atoms with van der Waals surface area (Å²) >= 11 is 1.58. The number of aromatic nitrogens is 3. The zero-order valence-electron chi connectivity index (χ0n) is 12.8. The summed E-state index contributed by atoms with van der Waals surface area (Å²) in [5.41, 5.74) is 2.92. The first-order valence-corrected chi connectivity index (χ1v) is 8.02. The van der Waals surface area contributed by atoms with Crippen LogP contribution in [0.4, 0.5) is 0 Å². The smallest absolute Gasteiger partial charge is 0.226 e. The van der Waals surface area contributed by atoms with Crippen LogP contribution in [0, 0.1) is 6.92 Å². The zero-order chi connectivity index (χ0) is 15.6. The van der Waals surface area contributed by atoms with E-state index in [-0.39, 0.29) is 19.0 Å². The Balaban J connectivity index is 0.00000169. The van der Waals surface area contributed by atoms with Gasteiger partial charge in [-0.1, -0.05) is 35.5 Å². The van der Waals surface area contributed by atoms with Crippen molar-refractivity contribution in [2.24, 2.45) is 0 Å². The first-order chi connectivity index (χ1) is 11.3. The van der Waals surface area contributed by atoms with Gasteiger partial charge in [0.25, 0.3) is 0 Å². The normalized spacial score (nSPS) is 10.5. The van der Waals surface area contributed by atoms with E-state index in [9.17, 15) is 0 Å². The van der Waals surface area contributed by atoms with Crippen molar-refractivity contribution in [1.29, 1.82) is 0 Å². The van der Waals surface area contributed by atoms with Gasteiger partial charge in [0.1, 0.15) is 16.9 Å². The van der Waals surface area contributed by atoms with E-state index in [4.69, 9.17) is 9.26 Å². The summed E-state index contributed by atoms with van der Waals surface area (Å²) in [4.78, 5) is 9.41. The van der Waals surface area contributed by atoms with E-state index in [0.717, 1.165) is 27.0 Å². The molecule has 4 aromatic rings. The minimum absolute atomic E-state index is 0. The number of rotatable bonds is 4. The van der Waals surface area contributed by atoms with Crippen LogP contribution in [0.3, 0.4) is 0 Å². The summed E-state index contributed by atoms with van der Waals surface area (Å²) in [5, 5.41) is 7.09. The Kier molecular flexibility index (Phi) is 4.78. The summed E-state index contributed by atoms with van der Waals surface area (Å²) < 4.78 is 11.2. The Bertz CT molecular complexity index is 953. The first kappa shape index (κ1) is 16.4. The first-order valence-electron chi connectivity index (χ1n) is 7.14. The molecule has 1 aromatic carbocycles. The van der Waals surface area contributed by atoms with Crippen LogP contribution in [-0.2, 0) is 6.61 Å². The van der Waals surface area contributed by atoms with Crippen molar-refractivity contribution in [3.63, 3.8) is 0 Å². The molecule has 0 radical (unpaired) electrons. The molecule has 3 heterocycles. The molecule has 0 atom stereocenters. The average Bonchev–Trinajstić information content (AvgIpc) is 3.21. The lowest BCUT2D eigenvalue weighted by Crippen LogP contribution is -1.97. The van der Waals surface area contributed by atoms with Crippen LogP contribution in [-0.4, -0.2) is 15.1 Å². The summed E-state index contributed by atoms with van der Waals surface area (Å²) in [5.74, 6) is 1.23. The topological polar surface area (TPSA) is 61.0 Å². The van der Waals surface area contributed by atoms with Crippen molar-refractivity contribution in [1.82, 2.24) is 15.1 Å². The molecule has 0 bridgehead atoms. The van der Waals surface area contributed by atoms with Gasteiger partial charge in [0, 0.05) is 11.6 Å². The molecule has 0 spiro atoms. The maximum atomic E-state index is 5.82. The number of fused-ring (bicyclic) bond motifs is 1. The lowest BCUT2D eigenvalue weighted by atomic mass is 10.1. The van der Waals surface area contributed by atoms with Crippen LogP contribution in [0.2, 0.25) is 0 Å². The number of benzene rings is 1. The van der Waals surface area contributed by atoms with Gasteiger partial charge in [-0.25, -0.2) is 9.97 Å². The van der Waals surface area contributed by atoms with Gasteiger partial charge in [-0.2, -0.15) is 0 Å². The number of aryl methyl sites for hydroxylation is 1. The largest absolute Gasteiger partial charge is 0.469 e. The molecule has 0 N–H and O–H groups in total. The second-order valence-electron chi connectivity index (χ2n) is 5.11. The predicted molar refractivity (Wildman–Crippen MR) is 95.7 cm³/mol. The Hall–Kier alpha value is -2.44. The van der Waals surface area contributed by atoms with Gasteiger partial charge in [0.15, 0.2) is 12.4 Å². The lowest BCUT2D eigenvalue weighted by Gasteiger charge is -2.04. The monoisotopic (exact) mass is 359 g/mol. The van der Waals surface area contributed by atoms with Gasteiger partial charge in [-0.15, -0.1) is 23.7 Å². The quantitative estimate of drug-likeness (QED) is 0.530. The third-order valence-electron chi connectivity index (χ3n) is 3.50. The Morgan fingerprint density at radius 3 is 2.83 bits per heavy atom. The van der Waals surface area contributed by atoms with Gasteiger partial charge >= 0.3 is 0 Å². The van der Waals surface area contributed by atoms with Gasteiger partial charge in [0.05, 0.1) is 5.39 Å². The maximum absolute atomic E-state index is 5.82. The van der Waals surface area contributed by atoms with Crippen LogP contribution < -0.4 is 4.74 Å². The minimum atomic E-state index is 0. The van der Waals surface area contributed by atoms with E-state index in [0.29, 0.717) is 11.6 Å². The van der Waals surface area contributed by atoms with Gasteiger partial charge < -0.3 is 9.26 Å². The zero-order valence-corrected chi connectivity index (χ0v) is 14.4. The molecule has 0 fully saturated rings. The minimum Gasteiger partial charge on any atom is -0.469 e. The van der Waals surface area contributed by atoms with E-state index in [1.54, 1.807) is 11.3 Å². The molecule has 3 aromatic heterocycles. The molecular formula is C17H14ClN3O2S. The van der Waals surface area contributed by atoms with Crippen LogP contribution in [0.25, 0.3) is 21.5 Å². The molecule has 5 nitrogen and oxygen atoms in total. The Labute approximate surface area is 148 Å². The molecular weight excluding hydrogens is 346 g/mol. The van der Waals surface area contributed by atoms with Crippen molar-refractivity contribution in [2.45, 2.75) is 13.5 Å². The Morgan fingerprint density at radius 2 is 2.00 bits per heavy atom. The highest BCUT2D eigenvalue weighted by atomic mass is 35.5. The van der Waals surface area contributed by atoms with E-state index in [1.807, 2.05) is 48.7 Å². The van der Waals surface area contributed by atoms with E-state index < -0.39 is 0 Å². The van der Waals surface area contributed by atoms with E-state index in [1.165, 1.54) is 6.33 Å². The van der Waals surface area contributed by atoms with Crippen LogP contribution in [0.15, 0.2) is 52.6 Å². The fraction of sp³-hybridized carbons (Fsp3) is 0.118. The highest BCUT2D eigenvalue weighted by Gasteiger charge is 2.12. The van der Waals surface area contributed by atoms with Crippen molar-refractivity contribution in [3.8, 4) is 17.1 Å². The van der Waals surface area contributed by atoms with Crippen molar-refractivity contribution in [2.75, 3.05) is 0 Å². The van der Waals surface area contributed by atoms with E-state index >= 15 is 0 Å². The predicted octanol–water partition coefficient (Wildman–Crippen LogP) is 4.66. The van der Waals surface area contributed by atoms with E-state index in [2.05, 4.69) is 15.1 Å². The van der Waals surface area contributed by atoms with Gasteiger partial charge in [-0.05, 0) is 17.9 Å². The number of halogens is 1. The van der Waals surface area contributed by atoms with Crippen LogP contribution in [0.1, 0.15) is 11.3 Å². The fourth-order valence-corrected chi connectivity index (χ4v) is 3.24. The van der Waals surface area contributed by atoms with Crippen LogP contribution >= 0.6 is 23.7 Å². The average molecular weight is 360 g/mol. The number of hydrogen-bond acceptors (Lipinski definition) is 6. The molecule has 122 valence electrons. The van der Waals surface area contributed by atoms with Gasteiger partial charge in [0.2, 0.25) is 5.88 Å². The summed E-state index contributed by atoms with van der Waals surface area (Å²) in [6.07, 6.45) is 1.52. The molecule has 0 aliphatic heterocycles. The number of thiophene rings is 1. The van der Waals surface area contributed by atoms with Gasteiger partial charge in [-0.3, -0.25) is 0 Å². The SMILES string of the molecule is Cc1csc2ncnc(OCc3cc(-c4ccccc4)no3)c12.Cl. The number of ether oxygens (including phenoxy) is 1. The second-order valence-corrected chi connectivity index (χ2v) is 5.97. The summed E-state index contributed by atoms with van der Waals surface area (Å²) in [6.45, 7) is 2.30. The van der Waals surface area contributed by atoms with Crippen molar-refractivity contribution >= 4 is 34.0 Å². The molecule has 4 rings (SSSR count). The molecule has 0 aliphatic rings. The lowest BCUT2D eigenvalue weighted by molar-refractivity contribution is 0.244. The standard InChI is InChI=1S/C17H13N3O2S.ClH/c1-11-9-23-17-15(11)16(18-10-19-17)21-8-13-7-14(20-22-13)12-5-3-2-4-6-12;/h2-7,9-10H,8H2,1H3;1H. The fourth-order valence-electron chi connectivity index (χ4n) is 2.36. The summed E-state index contributed by atoms with van der Waals surface area (Å²) in [7, 11) is 0. The molecule has 0 aliphatic carbocycles. The number of nitrogens with zero attached hydrogens (tertiary/aromatic N) is 3. The maximum Gasteiger partial charge on any atom is 0.226 e. The molecule has 7 heteroatoms. The summed E-state index contributed by atoms with van der Waals surface area (Å²) in [6, 6.07) is 11.8. The third-order valence-corrected chi connectivity index (χ3v) is 4.50. The number of hydrogen-bond donors (Lipinski definition) is 0. The highest BCUT2D eigenvalue weighted by Crippen LogP contribution is 2.30. The molecule has 0 amide bonds. The second kappa shape index (κ2) is 6.98. The van der Waals surface area contributed by atoms with Crippen LogP contribution in [0.5, 0.6) is 5.88 Å². The molecule has 0 saturated carbocycles. The Morgan fingerprint density at radius 1 is 1.17 bits per heavy atom. The molecule has 0 unspecified atom stereocenters. The van der Waals surface area contributed by atoms with Crippen molar-refractivity contribution in [3.05, 3.63) is 59.4 Å². The molecule has 0 saturated heterocycles. The highest BCUT2D eigenvalue weighted by molar-refractivity contribution is 7.17. The molecule has 24 heavy (non-hydrogen) atoms.